The van der Waals surface area contributed by atoms with Crippen LogP contribution in [-0.4, -0.2) is 32.0 Å². The average molecular weight is 296 g/mol. The van der Waals surface area contributed by atoms with Crippen molar-refractivity contribution in [1.82, 2.24) is 5.32 Å². The van der Waals surface area contributed by atoms with Gasteiger partial charge in [0.2, 0.25) is 0 Å². The quantitative estimate of drug-likeness (QED) is 0.775. The van der Waals surface area contributed by atoms with Gasteiger partial charge < -0.3 is 21.7 Å². The van der Waals surface area contributed by atoms with Crippen LogP contribution in [0.5, 0.6) is 0 Å². The highest BCUT2D eigenvalue weighted by Gasteiger charge is 2.28. The third-order valence-electron chi connectivity index (χ3n) is 3.55. The van der Waals surface area contributed by atoms with E-state index in [0.29, 0.717) is 11.5 Å². The maximum absolute atomic E-state index is 12.1. The van der Waals surface area contributed by atoms with Gasteiger partial charge in [-0.3, -0.25) is 9.59 Å². The predicted octanol–water partition coefficient (Wildman–Crippen LogP) is 1.03. The zero-order valence-corrected chi connectivity index (χ0v) is 12.5. The van der Waals surface area contributed by atoms with E-state index in [0.717, 1.165) is 24.5 Å². The number of amides is 2. The molecule has 1 fully saturated rings. The van der Waals surface area contributed by atoms with Crippen molar-refractivity contribution in [2.24, 2.45) is 11.7 Å². The topological polar surface area (TPSA) is 101 Å². The summed E-state index contributed by atoms with van der Waals surface area (Å²) in [5, 5.41) is 3.33. The van der Waals surface area contributed by atoms with Crippen LogP contribution in [0.2, 0.25) is 0 Å². The summed E-state index contributed by atoms with van der Waals surface area (Å²) in [6.45, 7) is 3.91. The molecular formula is C13H20N4O2S. The van der Waals surface area contributed by atoms with Crippen LogP contribution in [0.15, 0.2) is 0 Å². The fourth-order valence-corrected chi connectivity index (χ4v) is 3.66. The summed E-state index contributed by atoms with van der Waals surface area (Å²) in [4.78, 5) is 25.9. The molecule has 0 bridgehead atoms. The molecule has 2 rings (SSSR count). The molecule has 2 amide bonds. The first kappa shape index (κ1) is 14.6. The second-order valence-corrected chi connectivity index (χ2v) is 6.16. The zero-order valence-electron chi connectivity index (χ0n) is 11.7. The van der Waals surface area contributed by atoms with Gasteiger partial charge >= 0.3 is 0 Å². The summed E-state index contributed by atoms with van der Waals surface area (Å²) in [7, 11) is 1.55. The number of piperidine rings is 1. The molecule has 1 atom stereocenters. The van der Waals surface area contributed by atoms with E-state index in [1.807, 2.05) is 0 Å². The SMILES string of the molecule is CNC(=O)c1c(N2CCCC(C)C2)sc(C(N)=O)c1N. The van der Waals surface area contributed by atoms with Gasteiger partial charge in [0.15, 0.2) is 0 Å². The molecule has 1 aromatic rings. The Hall–Kier alpha value is -1.76. The highest BCUT2D eigenvalue weighted by Crippen LogP contribution is 2.39. The standard InChI is InChI=1S/C13H20N4O2S/c1-7-4-3-5-17(6-7)13-8(12(19)16-2)9(14)10(20-13)11(15)18/h7H,3-6,14H2,1-2H3,(H2,15,18)(H,16,19). The Morgan fingerprint density at radius 2 is 2.15 bits per heavy atom. The number of hydrogen-bond donors (Lipinski definition) is 3. The van der Waals surface area contributed by atoms with Crippen molar-refractivity contribution >= 4 is 33.8 Å². The van der Waals surface area contributed by atoms with Gasteiger partial charge in [0.1, 0.15) is 9.88 Å². The van der Waals surface area contributed by atoms with E-state index in [1.165, 1.54) is 17.8 Å². The van der Waals surface area contributed by atoms with E-state index in [4.69, 9.17) is 11.5 Å². The van der Waals surface area contributed by atoms with Crippen LogP contribution < -0.4 is 21.7 Å². The fourth-order valence-electron chi connectivity index (χ4n) is 2.56. The second-order valence-electron chi connectivity index (χ2n) is 5.16. The second kappa shape index (κ2) is 5.70. The Balaban J connectivity index is 2.47. The lowest BCUT2D eigenvalue weighted by atomic mass is 10.0. The van der Waals surface area contributed by atoms with E-state index in [1.54, 1.807) is 7.05 Å². The molecule has 0 spiro atoms. The Kier molecular flexibility index (Phi) is 4.17. The fraction of sp³-hybridized carbons (Fsp3) is 0.538. The number of anilines is 2. The van der Waals surface area contributed by atoms with Gasteiger partial charge in [0.05, 0.1) is 11.3 Å². The van der Waals surface area contributed by atoms with Crippen LogP contribution in [0.4, 0.5) is 10.7 Å². The monoisotopic (exact) mass is 296 g/mol. The number of nitrogens with one attached hydrogen (secondary N) is 1. The Morgan fingerprint density at radius 1 is 1.45 bits per heavy atom. The molecule has 0 aliphatic carbocycles. The number of rotatable bonds is 3. The maximum atomic E-state index is 12.1. The van der Waals surface area contributed by atoms with E-state index >= 15 is 0 Å². The van der Waals surface area contributed by atoms with E-state index in [9.17, 15) is 9.59 Å². The lowest BCUT2D eigenvalue weighted by Gasteiger charge is -2.32. The number of primary amides is 1. The van der Waals surface area contributed by atoms with Crippen molar-refractivity contribution in [3.05, 3.63) is 10.4 Å². The van der Waals surface area contributed by atoms with E-state index < -0.39 is 5.91 Å². The van der Waals surface area contributed by atoms with Crippen LogP contribution in [0.1, 0.15) is 39.8 Å². The molecule has 110 valence electrons. The number of nitrogen functional groups attached to an aromatic ring is 1. The van der Waals surface area contributed by atoms with Gasteiger partial charge in [-0.05, 0) is 18.8 Å². The molecule has 0 aromatic carbocycles. The van der Waals surface area contributed by atoms with Gasteiger partial charge in [-0.2, -0.15) is 0 Å². The molecule has 7 heteroatoms. The van der Waals surface area contributed by atoms with Crippen molar-refractivity contribution in [1.29, 1.82) is 0 Å². The lowest BCUT2D eigenvalue weighted by Crippen LogP contribution is -2.35. The first-order chi connectivity index (χ1) is 9.45. The van der Waals surface area contributed by atoms with Gasteiger partial charge in [-0.1, -0.05) is 6.92 Å². The molecule has 0 radical (unpaired) electrons. The summed E-state index contributed by atoms with van der Waals surface area (Å²) >= 11 is 1.21. The van der Waals surface area contributed by atoms with Crippen molar-refractivity contribution in [3.8, 4) is 0 Å². The third-order valence-corrected chi connectivity index (χ3v) is 4.83. The van der Waals surface area contributed by atoms with Crippen LogP contribution in [-0.2, 0) is 0 Å². The molecule has 20 heavy (non-hydrogen) atoms. The van der Waals surface area contributed by atoms with Gasteiger partial charge in [-0.25, -0.2) is 0 Å². The molecule has 5 N–H and O–H groups in total. The minimum absolute atomic E-state index is 0.190. The minimum atomic E-state index is -0.589. The number of nitrogens with zero attached hydrogens (tertiary/aromatic N) is 1. The average Bonchev–Trinajstić information content (AvgIpc) is 2.75. The minimum Gasteiger partial charge on any atom is -0.397 e. The zero-order chi connectivity index (χ0) is 14.9. The molecule has 1 aliphatic rings. The molecule has 1 unspecified atom stereocenters. The predicted molar refractivity (Wildman–Crippen MR) is 81.3 cm³/mol. The van der Waals surface area contributed by atoms with Gasteiger partial charge in [-0.15, -0.1) is 11.3 Å². The largest absolute Gasteiger partial charge is 0.397 e. The first-order valence-electron chi connectivity index (χ1n) is 6.64. The summed E-state index contributed by atoms with van der Waals surface area (Å²) in [5.74, 6) is -0.310. The van der Waals surface area contributed by atoms with Crippen molar-refractivity contribution in [2.45, 2.75) is 19.8 Å². The Bertz CT molecular complexity index is 541. The summed E-state index contributed by atoms with van der Waals surface area (Å²) in [6, 6.07) is 0. The molecule has 1 saturated heterocycles. The Labute approximate surface area is 122 Å². The van der Waals surface area contributed by atoms with Crippen LogP contribution in [0.25, 0.3) is 0 Å². The highest BCUT2D eigenvalue weighted by molar-refractivity contribution is 7.19. The first-order valence-corrected chi connectivity index (χ1v) is 7.46. The maximum Gasteiger partial charge on any atom is 0.260 e. The molecule has 0 saturated carbocycles. The number of thiophene rings is 1. The number of hydrogen-bond acceptors (Lipinski definition) is 5. The Morgan fingerprint density at radius 3 is 2.70 bits per heavy atom. The lowest BCUT2D eigenvalue weighted by molar-refractivity contribution is 0.0964. The third kappa shape index (κ3) is 2.58. The smallest absolute Gasteiger partial charge is 0.260 e. The van der Waals surface area contributed by atoms with Crippen molar-refractivity contribution < 1.29 is 9.59 Å². The summed E-state index contributed by atoms with van der Waals surface area (Å²) in [6.07, 6.45) is 2.24. The molecule has 6 nitrogen and oxygen atoms in total. The number of carbonyl (C=O) groups is 2. The van der Waals surface area contributed by atoms with Crippen LogP contribution in [0.3, 0.4) is 0 Å². The number of carbonyl (C=O) groups excluding carboxylic acids is 2. The van der Waals surface area contributed by atoms with Crippen molar-refractivity contribution in [3.63, 3.8) is 0 Å². The normalized spacial score (nSPS) is 18.9. The van der Waals surface area contributed by atoms with Gasteiger partial charge in [0, 0.05) is 20.1 Å². The van der Waals surface area contributed by atoms with E-state index in [-0.39, 0.29) is 16.5 Å². The summed E-state index contributed by atoms with van der Waals surface area (Å²) < 4.78 is 0. The molecule has 1 aliphatic heterocycles. The number of nitrogens with two attached hydrogens (primary N) is 2. The molecule has 2 heterocycles. The summed E-state index contributed by atoms with van der Waals surface area (Å²) in [5.41, 5.74) is 11.8. The van der Waals surface area contributed by atoms with E-state index in [2.05, 4.69) is 17.1 Å². The molecular weight excluding hydrogens is 276 g/mol. The van der Waals surface area contributed by atoms with Crippen molar-refractivity contribution in [2.75, 3.05) is 30.8 Å². The van der Waals surface area contributed by atoms with Gasteiger partial charge in [0.25, 0.3) is 11.8 Å². The molecule has 1 aromatic heterocycles. The van der Waals surface area contributed by atoms with Crippen LogP contribution in [0, 0.1) is 5.92 Å². The highest BCUT2D eigenvalue weighted by atomic mass is 32.1. The van der Waals surface area contributed by atoms with Crippen LogP contribution >= 0.6 is 11.3 Å².